The smallest absolute Gasteiger partial charge is 0.244 e. The minimum atomic E-state index is -3.74. The number of methoxy groups -OCH3 is 1. The third-order valence-corrected chi connectivity index (χ3v) is 7.24. The number of benzene rings is 1. The Balaban J connectivity index is 1.84. The molecule has 1 aliphatic carbocycles. The predicted octanol–water partition coefficient (Wildman–Crippen LogP) is 2.22. The summed E-state index contributed by atoms with van der Waals surface area (Å²) < 4.78 is 32.9. The van der Waals surface area contributed by atoms with E-state index in [-0.39, 0.29) is 16.8 Å². The van der Waals surface area contributed by atoms with Gasteiger partial charge in [0, 0.05) is 18.7 Å². The van der Waals surface area contributed by atoms with Crippen LogP contribution in [0.4, 0.5) is 0 Å². The topological polar surface area (TPSA) is 75.7 Å². The second-order valence-electron chi connectivity index (χ2n) is 6.90. The van der Waals surface area contributed by atoms with Crippen molar-refractivity contribution in [2.24, 2.45) is 0 Å². The molecule has 1 aliphatic heterocycles. The van der Waals surface area contributed by atoms with E-state index in [4.69, 9.17) is 4.74 Å². The number of nitrogens with one attached hydrogen (secondary N) is 1. The van der Waals surface area contributed by atoms with Crippen LogP contribution in [-0.2, 0) is 14.8 Å². The van der Waals surface area contributed by atoms with Gasteiger partial charge >= 0.3 is 0 Å². The van der Waals surface area contributed by atoms with Crippen LogP contribution in [0.5, 0.6) is 5.75 Å². The van der Waals surface area contributed by atoms with E-state index in [9.17, 15) is 13.2 Å². The number of hydrogen-bond donors (Lipinski definition) is 1. The summed E-state index contributed by atoms with van der Waals surface area (Å²) in [6.45, 7) is 2.14. The highest BCUT2D eigenvalue weighted by Crippen LogP contribution is 2.30. The number of carbonyl (C=O) groups is 1. The van der Waals surface area contributed by atoms with Crippen LogP contribution in [0.25, 0.3) is 0 Å². The van der Waals surface area contributed by atoms with Gasteiger partial charge in [-0.05, 0) is 44.2 Å². The zero-order valence-corrected chi connectivity index (χ0v) is 15.6. The van der Waals surface area contributed by atoms with Crippen LogP contribution < -0.4 is 10.1 Å². The summed E-state index contributed by atoms with van der Waals surface area (Å²) in [6, 6.07) is 4.58. The van der Waals surface area contributed by atoms with Crippen LogP contribution in [0.1, 0.15) is 44.1 Å². The molecule has 1 atom stereocenters. The van der Waals surface area contributed by atoms with Crippen LogP contribution in [-0.4, -0.2) is 44.4 Å². The minimum absolute atomic E-state index is 0.159. The molecule has 6 nitrogen and oxygen atoms in total. The number of hydrogen-bond acceptors (Lipinski definition) is 4. The summed E-state index contributed by atoms with van der Waals surface area (Å²) in [5.41, 5.74) is 0.655. The SMILES string of the molecule is COc1ccc(C)c(S(=O)(=O)N2CCCC2C(=O)NC2CCCC2)c1. The molecule has 1 aromatic rings. The van der Waals surface area contributed by atoms with Gasteiger partial charge in [-0.3, -0.25) is 4.79 Å². The lowest BCUT2D eigenvalue weighted by molar-refractivity contribution is -0.124. The fourth-order valence-corrected chi connectivity index (χ4v) is 5.67. The summed E-state index contributed by atoms with van der Waals surface area (Å²) in [5, 5.41) is 3.04. The van der Waals surface area contributed by atoms with Crippen LogP contribution in [0.2, 0.25) is 0 Å². The normalized spacial score (nSPS) is 22.2. The number of aryl methyl sites for hydroxylation is 1. The van der Waals surface area contributed by atoms with E-state index < -0.39 is 16.1 Å². The second kappa shape index (κ2) is 7.33. The van der Waals surface area contributed by atoms with Gasteiger partial charge < -0.3 is 10.1 Å². The van der Waals surface area contributed by atoms with Gasteiger partial charge in [0.25, 0.3) is 0 Å². The van der Waals surface area contributed by atoms with Gasteiger partial charge in [0.1, 0.15) is 11.8 Å². The zero-order valence-electron chi connectivity index (χ0n) is 14.8. The summed E-state index contributed by atoms with van der Waals surface area (Å²) in [4.78, 5) is 12.9. The van der Waals surface area contributed by atoms with Crippen molar-refractivity contribution in [3.8, 4) is 5.75 Å². The van der Waals surface area contributed by atoms with E-state index >= 15 is 0 Å². The monoisotopic (exact) mass is 366 g/mol. The molecule has 0 spiro atoms. The number of carbonyl (C=O) groups excluding carboxylic acids is 1. The van der Waals surface area contributed by atoms with E-state index in [0.29, 0.717) is 30.7 Å². The predicted molar refractivity (Wildman–Crippen MR) is 95.0 cm³/mol. The highest BCUT2D eigenvalue weighted by atomic mass is 32.2. The molecule has 1 unspecified atom stereocenters. The Morgan fingerprint density at radius 1 is 1.20 bits per heavy atom. The Bertz CT molecular complexity index is 741. The maximum absolute atomic E-state index is 13.2. The second-order valence-corrected chi connectivity index (χ2v) is 8.75. The number of amides is 1. The van der Waals surface area contributed by atoms with Crippen LogP contribution in [0.15, 0.2) is 23.1 Å². The summed E-state index contributed by atoms with van der Waals surface area (Å²) in [6.07, 6.45) is 5.49. The quantitative estimate of drug-likeness (QED) is 0.867. The van der Waals surface area contributed by atoms with Crippen molar-refractivity contribution in [2.75, 3.05) is 13.7 Å². The molecule has 0 bridgehead atoms. The van der Waals surface area contributed by atoms with E-state index in [1.165, 1.54) is 17.5 Å². The molecule has 25 heavy (non-hydrogen) atoms. The summed E-state index contributed by atoms with van der Waals surface area (Å²) in [5.74, 6) is 0.337. The summed E-state index contributed by atoms with van der Waals surface area (Å²) in [7, 11) is -2.23. The molecule has 1 saturated heterocycles. The molecular formula is C18H26N2O4S. The Hall–Kier alpha value is -1.60. The highest BCUT2D eigenvalue weighted by Gasteiger charge is 2.40. The van der Waals surface area contributed by atoms with Crippen molar-refractivity contribution in [3.05, 3.63) is 23.8 Å². The first-order chi connectivity index (χ1) is 11.9. The van der Waals surface area contributed by atoms with Crippen molar-refractivity contribution in [1.29, 1.82) is 0 Å². The molecule has 2 fully saturated rings. The van der Waals surface area contributed by atoms with Gasteiger partial charge in [-0.25, -0.2) is 8.42 Å². The number of nitrogens with zero attached hydrogens (tertiary/aromatic N) is 1. The van der Waals surface area contributed by atoms with Crippen LogP contribution >= 0.6 is 0 Å². The molecule has 1 aromatic carbocycles. The van der Waals surface area contributed by atoms with Crippen LogP contribution in [0, 0.1) is 6.92 Å². The molecule has 1 amide bonds. The van der Waals surface area contributed by atoms with Gasteiger partial charge in [0.05, 0.1) is 12.0 Å². The molecule has 1 heterocycles. The molecule has 1 N–H and O–H groups in total. The number of rotatable bonds is 5. The van der Waals surface area contributed by atoms with Gasteiger partial charge in [-0.15, -0.1) is 0 Å². The molecule has 3 rings (SSSR count). The van der Waals surface area contributed by atoms with E-state index in [1.54, 1.807) is 19.1 Å². The van der Waals surface area contributed by atoms with E-state index in [1.807, 2.05) is 0 Å². The molecule has 2 aliphatic rings. The van der Waals surface area contributed by atoms with Crippen molar-refractivity contribution >= 4 is 15.9 Å². The first-order valence-electron chi connectivity index (χ1n) is 8.90. The molecule has 1 saturated carbocycles. The fraction of sp³-hybridized carbons (Fsp3) is 0.611. The Morgan fingerprint density at radius 2 is 1.92 bits per heavy atom. The van der Waals surface area contributed by atoms with Crippen molar-refractivity contribution in [3.63, 3.8) is 0 Å². The Labute approximate surface area is 149 Å². The average Bonchev–Trinajstić information content (AvgIpc) is 3.26. The largest absolute Gasteiger partial charge is 0.497 e. The van der Waals surface area contributed by atoms with Crippen molar-refractivity contribution < 1.29 is 17.9 Å². The van der Waals surface area contributed by atoms with Gasteiger partial charge in [-0.1, -0.05) is 18.9 Å². The van der Waals surface area contributed by atoms with Gasteiger partial charge in [0.15, 0.2) is 0 Å². The van der Waals surface area contributed by atoms with E-state index in [0.717, 1.165) is 25.7 Å². The third kappa shape index (κ3) is 3.67. The Kier molecular flexibility index (Phi) is 5.34. The zero-order chi connectivity index (χ0) is 18.0. The summed E-state index contributed by atoms with van der Waals surface area (Å²) >= 11 is 0. The lowest BCUT2D eigenvalue weighted by atomic mass is 10.2. The van der Waals surface area contributed by atoms with Crippen molar-refractivity contribution in [2.45, 2.75) is 62.4 Å². The lowest BCUT2D eigenvalue weighted by Crippen LogP contribution is -2.48. The van der Waals surface area contributed by atoms with Gasteiger partial charge in [-0.2, -0.15) is 4.31 Å². The maximum Gasteiger partial charge on any atom is 0.244 e. The molecule has 7 heteroatoms. The number of ether oxygens (including phenoxy) is 1. The van der Waals surface area contributed by atoms with Crippen molar-refractivity contribution in [1.82, 2.24) is 9.62 Å². The Morgan fingerprint density at radius 3 is 2.60 bits per heavy atom. The fourth-order valence-electron chi connectivity index (χ4n) is 3.77. The molecule has 0 aromatic heterocycles. The standard InChI is InChI=1S/C18H26N2O4S/c1-13-9-10-15(24-2)12-17(13)25(22,23)20-11-5-8-16(20)18(21)19-14-6-3-4-7-14/h9-10,12,14,16H,3-8,11H2,1-2H3,(H,19,21). The first-order valence-corrected chi connectivity index (χ1v) is 10.3. The minimum Gasteiger partial charge on any atom is -0.497 e. The van der Waals surface area contributed by atoms with Gasteiger partial charge in [0.2, 0.25) is 15.9 Å². The maximum atomic E-state index is 13.2. The molecular weight excluding hydrogens is 340 g/mol. The first kappa shape index (κ1) is 18.2. The van der Waals surface area contributed by atoms with E-state index in [2.05, 4.69) is 5.32 Å². The third-order valence-electron chi connectivity index (χ3n) is 5.19. The number of sulfonamides is 1. The molecule has 138 valence electrons. The van der Waals surface area contributed by atoms with Crippen LogP contribution in [0.3, 0.4) is 0 Å². The highest BCUT2D eigenvalue weighted by molar-refractivity contribution is 7.89. The average molecular weight is 366 g/mol. The lowest BCUT2D eigenvalue weighted by Gasteiger charge is -2.25. The molecule has 0 radical (unpaired) electrons.